The number of thioether (sulfide) groups is 1. The van der Waals surface area contributed by atoms with Crippen LogP contribution in [0.5, 0.6) is 0 Å². The van der Waals surface area contributed by atoms with Crippen molar-refractivity contribution in [1.29, 1.82) is 0 Å². The molecule has 2 heterocycles. The lowest BCUT2D eigenvalue weighted by atomic mass is 10.1. The summed E-state index contributed by atoms with van der Waals surface area (Å²) in [6, 6.07) is 15.0. The normalized spacial score (nSPS) is 19.7. The zero-order chi connectivity index (χ0) is 21.1. The van der Waals surface area contributed by atoms with Crippen molar-refractivity contribution in [1.82, 2.24) is 9.80 Å². The fourth-order valence-electron chi connectivity index (χ4n) is 3.13. The van der Waals surface area contributed by atoms with Crippen molar-refractivity contribution in [2.24, 2.45) is 4.99 Å². The number of hydrogen-bond donors (Lipinski definition) is 0. The van der Waals surface area contributed by atoms with Crippen LogP contribution in [0.4, 0.5) is 5.69 Å². The molecule has 154 valence electrons. The Bertz CT molecular complexity index is 1030. The maximum absolute atomic E-state index is 12.7. The number of morpholine rings is 1. The lowest BCUT2D eigenvalue weighted by Gasteiger charge is -2.26. The Kier molecular flexibility index (Phi) is 6.36. The Hall–Kier alpha value is -2.42. The fourth-order valence-corrected chi connectivity index (χ4v) is 4.38. The molecule has 0 bridgehead atoms. The summed E-state index contributed by atoms with van der Waals surface area (Å²) in [5.74, 6) is -0.123. The van der Waals surface area contributed by atoms with Gasteiger partial charge in [0.05, 0.1) is 23.8 Å². The van der Waals surface area contributed by atoms with Gasteiger partial charge in [-0.1, -0.05) is 34.1 Å². The minimum absolute atomic E-state index is 0.0281. The quantitative estimate of drug-likeness (QED) is 0.612. The molecule has 2 amide bonds. The molecule has 0 aliphatic carbocycles. The first-order chi connectivity index (χ1) is 14.5. The van der Waals surface area contributed by atoms with Crippen LogP contribution in [0.15, 0.2) is 62.9 Å². The van der Waals surface area contributed by atoms with E-state index in [1.54, 1.807) is 24.1 Å². The third-order valence-electron chi connectivity index (χ3n) is 4.79. The number of amidine groups is 1. The number of hydrogen-bond acceptors (Lipinski definition) is 5. The van der Waals surface area contributed by atoms with Crippen molar-refractivity contribution in [2.45, 2.75) is 0 Å². The van der Waals surface area contributed by atoms with Crippen LogP contribution in [0.1, 0.15) is 15.9 Å². The lowest BCUT2D eigenvalue weighted by molar-refractivity contribution is -0.121. The van der Waals surface area contributed by atoms with Crippen molar-refractivity contribution in [3.05, 3.63) is 69.0 Å². The molecule has 0 N–H and O–H groups in total. The smallest absolute Gasteiger partial charge is 0.266 e. The molecule has 2 saturated heterocycles. The van der Waals surface area contributed by atoms with Crippen molar-refractivity contribution in [3.63, 3.8) is 0 Å². The fraction of sp³-hybridized carbons (Fsp3) is 0.227. The van der Waals surface area contributed by atoms with Gasteiger partial charge in [0.15, 0.2) is 5.17 Å². The summed E-state index contributed by atoms with van der Waals surface area (Å²) >= 11 is 4.74. The van der Waals surface area contributed by atoms with Gasteiger partial charge < -0.3 is 9.64 Å². The molecular formula is C22H20BrN3O3S. The summed E-state index contributed by atoms with van der Waals surface area (Å²) in [4.78, 5) is 33.9. The van der Waals surface area contributed by atoms with Crippen molar-refractivity contribution < 1.29 is 14.3 Å². The molecule has 8 heteroatoms. The van der Waals surface area contributed by atoms with E-state index in [2.05, 4.69) is 20.9 Å². The van der Waals surface area contributed by atoms with Crippen LogP contribution < -0.4 is 0 Å². The van der Waals surface area contributed by atoms with E-state index in [0.29, 0.717) is 47.6 Å². The number of aliphatic imine (C=N–C) groups is 1. The molecule has 2 aliphatic rings. The maximum atomic E-state index is 12.7. The molecule has 0 spiro atoms. The largest absolute Gasteiger partial charge is 0.378 e. The van der Waals surface area contributed by atoms with Crippen molar-refractivity contribution in [3.8, 4) is 0 Å². The molecule has 2 aliphatic heterocycles. The molecule has 4 rings (SSSR count). The van der Waals surface area contributed by atoms with Crippen molar-refractivity contribution in [2.75, 3.05) is 33.4 Å². The van der Waals surface area contributed by atoms with Gasteiger partial charge in [0, 0.05) is 30.2 Å². The summed E-state index contributed by atoms with van der Waals surface area (Å²) in [5.41, 5.74) is 2.17. The van der Waals surface area contributed by atoms with Gasteiger partial charge in [-0.05, 0) is 53.7 Å². The highest BCUT2D eigenvalue weighted by molar-refractivity contribution is 9.10. The predicted molar refractivity (Wildman–Crippen MR) is 123 cm³/mol. The third-order valence-corrected chi connectivity index (χ3v) is 6.38. The summed E-state index contributed by atoms with van der Waals surface area (Å²) < 4.78 is 6.30. The molecule has 0 atom stereocenters. The van der Waals surface area contributed by atoms with E-state index in [4.69, 9.17) is 4.74 Å². The summed E-state index contributed by atoms with van der Waals surface area (Å²) in [6.07, 6.45) is 1.86. The summed E-state index contributed by atoms with van der Waals surface area (Å²) in [6.45, 7) is 2.30. The van der Waals surface area contributed by atoms with Gasteiger partial charge in [-0.2, -0.15) is 0 Å². The summed E-state index contributed by atoms with van der Waals surface area (Å²) in [5, 5.41) is 0.583. The molecule has 0 saturated carbocycles. The van der Waals surface area contributed by atoms with Crippen LogP contribution in [0, 0.1) is 0 Å². The van der Waals surface area contributed by atoms with E-state index in [1.807, 2.05) is 42.5 Å². The second kappa shape index (κ2) is 9.16. The van der Waals surface area contributed by atoms with Gasteiger partial charge in [0.2, 0.25) is 0 Å². The van der Waals surface area contributed by atoms with Crippen molar-refractivity contribution >= 4 is 56.4 Å². The standard InChI is InChI=1S/C22H20BrN3O3S/c1-25-21(28)19(13-15-5-7-17(23)8-6-15)30-22(25)24-18-4-2-3-16(14-18)20(27)26-9-11-29-12-10-26/h2-8,13-14H,9-12H2,1H3/b19-13+,24-22?. The van der Waals surface area contributed by atoms with E-state index in [0.717, 1.165) is 10.0 Å². The van der Waals surface area contributed by atoms with Gasteiger partial charge in [-0.25, -0.2) is 4.99 Å². The van der Waals surface area contributed by atoms with Gasteiger partial charge >= 0.3 is 0 Å². The first kappa shape index (κ1) is 20.8. The maximum Gasteiger partial charge on any atom is 0.266 e. The molecule has 6 nitrogen and oxygen atoms in total. The SMILES string of the molecule is CN1C(=O)/C(=C\c2ccc(Br)cc2)SC1=Nc1cccc(C(=O)N2CCOCC2)c1. The van der Waals surface area contributed by atoms with Crippen LogP contribution in [0.2, 0.25) is 0 Å². The van der Waals surface area contributed by atoms with Crippen LogP contribution in [0.25, 0.3) is 6.08 Å². The number of halogens is 1. The number of carbonyl (C=O) groups excluding carboxylic acids is 2. The van der Waals surface area contributed by atoms with E-state index >= 15 is 0 Å². The predicted octanol–water partition coefficient (Wildman–Crippen LogP) is 4.16. The van der Waals surface area contributed by atoms with E-state index in [9.17, 15) is 9.59 Å². The van der Waals surface area contributed by atoms with E-state index in [-0.39, 0.29) is 11.8 Å². The third kappa shape index (κ3) is 4.66. The van der Waals surface area contributed by atoms with E-state index in [1.165, 1.54) is 16.7 Å². The highest BCUT2D eigenvalue weighted by Gasteiger charge is 2.30. The topological polar surface area (TPSA) is 62.2 Å². The molecular weight excluding hydrogens is 466 g/mol. The molecule has 2 aromatic carbocycles. The van der Waals surface area contributed by atoms with Gasteiger partial charge in [0.25, 0.3) is 11.8 Å². The number of likely N-dealkylation sites (N-methyl/N-ethyl adjacent to an activating group) is 1. The average molecular weight is 486 g/mol. The minimum Gasteiger partial charge on any atom is -0.378 e. The number of carbonyl (C=O) groups is 2. The summed E-state index contributed by atoms with van der Waals surface area (Å²) in [7, 11) is 1.71. The minimum atomic E-state index is -0.0952. The Morgan fingerprint density at radius 2 is 1.90 bits per heavy atom. The first-order valence-electron chi connectivity index (χ1n) is 9.50. The number of rotatable bonds is 3. The molecule has 30 heavy (non-hydrogen) atoms. The second-order valence-corrected chi connectivity index (χ2v) is 8.80. The second-order valence-electron chi connectivity index (χ2n) is 6.88. The number of ether oxygens (including phenoxy) is 1. The Morgan fingerprint density at radius 1 is 1.17 bits per heavy atom. The zero-order valence-corrected chi connectivity index (χ0v) is 18.8. The highest BCUT2D eigenvalue weighted by atomic mass is 79.9. The van der Waals surface area contributed by atoms with Crippen LogP contribution in [-0.2, 0) is 9.53 Å². The van der Waals surface area contributed by atoms with Gasteiger partial charge in [-0.15, -0.1) is 0 Å². The van der Waals surface area contributed by atoms with Crippen LogP contribution >= 0.6 is 27.7 Å². The van der Waals surface area contributed by atoms with E-state index < -0.39 is 0 Å². The highest BCUT2D eigenvalue weighted by Crippen LogP contribution is 2.33. The molecule has 2 aromatic rings. The Balaban J connectivity index is 1.55. The van der Waals surface area contributed by atoms with Gasteiger partial charge in [0.1, 0.15) is 0 Å². The molecule has 0 unspecified atom stereocenters. The average Bonchev–Trinajstić information content (AvgIpc) is 3.03. The number of nitrogens with zero attached hydrogens (tertiary/aromatic N) is 3. The Morgan fingerprint density at radius 3 is 2.63 bits per heavy atom. The Labute approximate surface area is 187 Å². The molecule has 0 aromatic heterocycles. The molecule has 0 radical (unpaired) electrons. The lowest BCUT2D eigenvalue weighted by Crippen LogP contribution is -2.40. The number of benzene rings is 2. The van der Waals surface area contributed by atoms with Crippen LogP contribution in [0.3, 0.4) is 0 Å². The number of amides is 2. The monoisotopic (exact) mass is 485 g/mol. The van der Waals surface area contributed by atoms with Crippen LogP contribution in [-0.4, -0.2) is 60.1 Å². The molecule has 2 fully saturated rings. The zero-order valence-electron chi connectivity index (χ0n) is 16.4. The van der Waals surface area contributed by atoms with Gasteiger partial charge in [-0.3, -0.25) is 14.5 Å². The first-order valence-corrected chi connectivity index (χ1v) is 11.1.